The maximum Gasteiger partial charge on any atom is 0.220 e. The lowest BCUT2D eigenvalue weighted by Gasteiger charge is -2.05. The van der Waals surface area contributed by atoms with E-state index >= 15 is 0 Å². The predicted molar refractivity (Wildman–Crippen MR) is 66.0 cm³/mol. The van der Waals surface area contributed by atoms with Gasteiger partial charge < -0.3 is 11.1 Å². The van der Waals surface area contributed by atoms with Crippen LogP contribution in [0.2, 0.25) is 0 Å². The molecule has 1 aromatic rings. The van der Waals surface area contributed by atoms with Gasteiger partial charge in [0, 0.05) is 13.0 Å². The van der Waals surface area contributed by atoms with Gasteiger partial charge in [0.1, 0.15) is 0 Å². The van der Waals surface area contributed by atoms with E-state index in [0.717, 1.165) is 18.4 Å². The molecule has 0 aliphatic carbocycles. The molecule has 3 N–H and O–H groups in total. The van der Waals surface area contributed by atoms with Crippen molar-refractivity contribution >= 4 is 5.91 Å². The van der Waals surface area contributed by atoms with Crippen LogP contribution in [-0.4, -0.2) is 12.5 Å². The summed E-state index contributed by atoms with van der Waals surface area (Å²) in [7, 11) is 0. The quantitative estimate of drug-likeness (QED) is 0.765. The zero-order valence-corrected chi connectivity index (χ0v) is 9.83. The van der Waals surface area contributed by atoms with E-state index in [1.807, 2.05) is 19.1 Å². The van der Waals surface area contributed by atoms with Gasteiger partial charge in [-0.3, -0.25) is 4.79 Å². The van der Waals surface area contributed by atoms with Gasteiger partial charge in [-0.25, -0.2) is 0 Å². The van der Waals surface area contributed by atoms with Crippen molar-refractivity contribution < 1.29 is 4.79 Å². The summed E-state index contributed by atoms with van der Waals surface area (Å²) < 4.78 is 0. The highest BCUT2D eigenvalue weighted by Gasteiger charge is 1.99. The number of benzene rings is 1. The minimum absolute atomic E-state index is 0.119. The minimum Gasteiger partial charge on any atom is -0.352 e. The number of amides is 1. The smallest absolute Gasteiger partial charge is 0.220 e. The summed E-state index contributed by atoms with van der Waals surface area (Å²) >= 11 is 0. The molecule has 0 aromatic heterocycles. The molecule has 0 spiro atoms. The third-order valence-electron chi connectivity index (χ3n) is 2.42. The predicted octanol–water partition coefficient (Wildman–Crippen LogP) is 1.60. The number of nitrogens with one attached hydrogen (secondary N) is 1. The number of carbonyl (C=O) groups excluding carboxylic acids is 1. The van der Waals surface area contributed by atoms with E-state index in [-0.39, 0.29) is 5.91 Å². The first-order valence-electron chi connectivity index (χ1n) is 5.81. The Labute approximate surface area is 97.0 Å². The second-order valence-corrected chi connectivity index (χ2v) is 3.88. The summed E-state index contributed by atoms with van der Waals surface area (Å²) in [6.07, 6.45) is 2.40. The van der Waals surface area contributed by atoms with Gasteiger partial charge in [0.25, 0.3) is 0 Å². The molecule has 0 aliphatic heterocycles. The average Bonchev–Trinajstić information content (AvgIpc) is 2.29. The third-order valence-corrected chi connectivity index (χ3v) is 2.42. The molecule has 1 rings (SSSR count). The molecule has 88 valence electrons. The van der Waals surface area contributed by atoms with Crippen LogP contribution in [0.15, 0.2) is 24.3 Å². The Balaban J connectivity index is 2.40. The summed E-state index contributed by atoms with van der Waals surface area (Å²) in [6.45, 7) is 3.29. The van der Waals surface area contributed by atoms with E-state index in [1.54, 1.807) is 0 Å². The summed E-state index contributed by atoms with van der Waals surface area (Å²) in [5, 5.41) is 2.89. The Kier molecular flexibility index (Phi) is 5.57. The van der Waals surface area contributed by atoms with E-state index in [0.29, 0.717) is 19.5 Å². The van der Waals surface area contributed by atoms with Crippen LogP contribution in [0, 0.1) is 0 Å². The van der Waals surface area contributed by atoms with Crippen molar-refractivity contribution in [2.45, 2.75) is 32.7 Å². The Hall–Kier alpha value is -1.35. The Morgan fingerprint density at radius 1 is 1.25 bits per heavy atom. The van der Waals surface area contributed by atoms with Crippen molar-refractivity contribution in [2.24, 2.45) is 5.73 Å². The third kappa shape index (κ3) is 4.45. The van der Waals surface area contributed by atoms with Gasteiger partial charge in [0.05, 0.1) is 0 Å². The first-order valence-corrected chi connectivity index (χ1v) is 5.81. The van der Waals surface area contributed by atoms with Crippen LogP contribution in [-0.2, 0) is 17.8 Å². The summed E-state index contributed by atoms with van der Waals surface area (Å²) in [4.78, 5) is 11.3. The number of hydrogen-bond donors (Lipinski definition) is 2. The van der Waals surface area contributed by atoms with Gasteiger partial charge in [0.2, 0.25) is 5.91 Å². The normalized spacial score (nSPS) is 10.1. The fourth-order valence-corrected chi connectivity index (χ4v) is 1.51. The lowest BCUT2D eigenvalue weighted by molar-refractivity contribution is -0.121. The van der Waals surface area contributed by atoms with Crippen LogP contribution in [0.3, 0.4) is 0 Å². The van der Waals surface area contributed by atoms with Gasteiger partial charge in [0.15, 0.2) is 0 Å². The van der Waals surface area contributed by atoms with Crippen molar-refractivity contribution in [3.8, 4) is 0 Å². The minimum atomic E-state index is 0.119. The molecule has 0 radical (unpaired) electrons. The second kappa shape index (κ2) is 7.01. The molecule has 0 fully saturated rings. The molecule has 0 heterocycles. The lowest BCUT2D eigenvalue weighted by atomic mass is 10.1. The topological polar surface area (TPSA) is 55.1 Å². The largest absolute Gasteiger partial charge is 0.352 e. The highest BCUT2D eigenvalue weighted by Crippen LogP contribution is 2.04. The first kappa shape index (κ1) is 12.7. The van der Waals surface area contributed by atoms with Gasteiger partial charge in [-0.15, -0.1) is 0 Å². The standard InChI is InChI=1S/C13H20N2O/c1-2-3-13(16)15-10-12-6-4-11(5-7-12)8-9-14/h4-7H,2-3,8-10,14H2,1H3,(H,15,16). The number of rotatable bonds is 6. The maximum atomic E-state index is 11.3. The van der Waals surface area contributed by atoms with Crippen molar-refractivity contribution in [3.63, 3.8) is 0 Å². The molecule has 0 bridgehead atoms. The van der Waals surface area contributed by atoms with E-state index in [9.17, 15) is 4.79 Å². The van der Waals surface area contributed by atoms with Gasteiger partial charge in [-0.2, -0.15) is 0 Å². The highest BCUT2D eigenvalue weighted by atomic mass is 16.1. The molecule has 0 aliphatic rings. The van der Waals surface area contributed by atoms with Crippen LogP contribution in [0.25, 0.3) is 0 Å². The fraction of sp³-hybridized carbons (Fsp3) is 0.462. The molecule has 3 nitrogen and oxygen atoms in total. The Morgan fingerprint density at radius 2 is 1.88 bits per heavy atom. The van der Waals surface area contributed by atoms with Crippen LogP contribution < -0.4 is 11.1 Å². The van der Waals surface area contributed by atoms with E-state index < -0.39 is 0 Å². The van der Waals surface area contributed by atoms with Crippen LogP contribution in [0.5, 0.6) is 0 Å². The average molecular weight is 220 g/mol. The molecular weight excluding hydrogens is 200 g/mol. The van der Waals surface area contributed by atoms with Crippen molar-refractivity contribution in [2.75, 3.05) is 6.54 Å². The molecule has 0 saturated carbocycles. The summed E-state index contributed by atoms with van der Waals surface area (Å²) in [5.41, 5.74) is 7.84. The van der Waals surface area contributed by atoms with Crippen molar-refractivity contribution in [3.05, 3.63) is 35.4 Å². The van der Waals surface area contributed by atoms with Crippen molar-refractivity contribution in [1.29, 1.82) is 0 Å². The SMILES string of the molecule is CCCC(=O)NCc1ccc(CCN)cc1. The first-order chi connectivity index (χ1) is 7.76. The lowest BCUT2D eigenvalue weighted by Crippen LogP contribution is -2.22. The molecule has 0 saturated heterocycles. The maximum absolute atomic E-state index is 11.3. The molecule has 3 heteroatoms. The summed E-state index contributed by atoms with van der Waals surface area (Å²) in [6, 6.07) is 8.21. The van der Waals surface area contributed by atoms with Crippen LogP contribution in [0.1, 0.15) is 30.9 Å². The van der Waals surface area contributed by atoms with Gasteiger partial charge >= 0.3 is 0 Å². The Morgan fingerprint density at radius 3 is 2.44 bits per heavy atom. The van der Waals surface area contributed by atoms with Gasteiger partial charge in [-0.05, 0) is 30.5 Å². The molecule has 0 atom stereocenters. The van der Waals surface area contributed by atoms with E-state index in [4.69, 9.17) is 5.73 Å². The van der Waals surface area contributed by atoms with E-state index in [2.05, 4.69) is 17.4 Å². The van der Waals surface area contributed by atoms with E-state index in [1.165, 1.54) is 5.56 Å². The number of nitrogens with two attached hydrogens (primary N) is 1. The fourth-order valence-electron chi connectivity index (χ4n) is 1.51. The zero-order valence-electron chi connectivity index (χ0n) is 9.83. The molecule has 16 heavy (non-hydrogen) atoms. The molecule has 0 unspecified atom stereocenters. The number of carbonyl (C=O) groups is 1. The van der Waals surface area contributed by atoms with Crippen molar-refractivity contribution in [1.82, 2.24) is 5.32 Å². The number of hydrogen-bond acceptors (Lipinski definition) is 2. The van der Waals surface area contributed by atoms with Crippen LogP contribution in [0.4, 0.5) is 0 Å². The Bertz CT molecular complexity index is 319. The monoisotopic (exact) mass is 220 g/mol. The highest BCUT2D eigenvalue weighted by molar-refractivity contribution is 5.75. The van der Waals surface area contributed by atoms with Crippen LogP contribution >= 0.6 is 0 Å². The summed E-state index contributed by atoms with van der Waals surface area (Å²) in [5.74, 6) is 0.119. The van der Waals surface area contributed by atoms with Gasteiger partial charge in [-0.1, -0.05) is 31.2 Å². The second-order valence-electron chi connectivity index (χ2n) is 3.88. The molecule has 1 amide bonds. The molecular formula is C13H20N2O. The molecule has 1 aromatic carbocycles. The zero-order chi connectivity index (χ0) is 11.8.